The maximum absolute atomic E-state index is 13.3. The van der Waals surface area contributed by atoms with E-state index >= 15 is 0 Å². The van der Waals surface area contributed by atoms with Crippen molar-refractivity contribution in [2.75, 3.05) is 32.7 Å². The van der Waals surface area contributed by atoms with Gasteiger partial charge in [-0.05, 0) is 63.2 Å². The van der Waals surface area contributed by atoms with Crippen LogP contribution in [0.5, 0.6) is 0 Å². The van der Waals surface area contributed by atoms with Crippen LogP contribution in [0.1, 0.15) is 44.7 Å². The first-order valence-corrected chi connectivity index (χ1v) is 11.5. The van der Waals surface area contributed by atoms with Gasteiger partial charge in [0.25, 0.3) is 0 Å². The van der Waals surface area contributed by atoms with Crippen molar-refractivity contribution in [2.24, 2.45) is 0 Å². The number of hydrogen-bond acceptors (Lipinski definition) is 3. The Morgan fingerprint density at radius 2 is 1.72 bits per heavy atom. The highest BCUT2D eigenvalue weighted by Gasteiger charge is 2.33. The molecule has 2 saturated heterocycles. The highest BCUT2D eigenvalue weighted by atomic mass is 16.2. The van der Waals surface area contributed by atoms with Crippen LogP contribution in [0.2, 0.25) is 0 Å². The van der Waals surface area contributed by atoms with Crippen molar-refractivity contribution < 1.29 is 4.79 Å². The summed E-state index contributed by atoms with van der Waals surface area (Å²) in [5.41, 5.74) is 2.56. The fraction of sp³-hybridized carbons (Fsp3) is 0.625. The van der Waals surface area contributed by atoms with Crippen LogP contribution in [0, 0.1) is 0 Å². The zero-order valence-electron chi connectivity index (χ0n) is 17.7. The molecular formula is C24H34N4O. The highest BCUT2D eigenvalue weighted by molar-refractivity contribution is 5.84. The maximum atomic E-state index is 13.3. The lowest BCUT2D eigenvalue weighted by molar-refractivity contribution is -0.138. The average Bonchev–Trinajstić information content (AvgIpc) is 3.16. The summed E-state index contributed by atoms with van der Waals surface area (Å²) < 4.78 is 2.38. The van der Waals surface area contributed by atoms with E-state index in [-0.39, 0.29) is 6.04 Å². The Morgan fingerprint density at radius 1 is 0.966 bits per heavy atom. The van der Waals surface area contributed by atoms with Crippen molar-refractivity contribution in [1.29, 1.82) is 0 Å². The van der Waals surface area contributed by atoms with Crippen molar-refractivity contribution in [3.8, 4) is 0 Å². The van der Waals surface area contributed by atoms with Crippen LogP contribution >= 0.6 is 0 Å². The zero-order chi connectivity index (χ0) is 19.8. The summed E-state index contributed by atoms with van der Waals surface area (Å²) in [7, 11) is 0. The lowest BCUT2D eigenvalue weighted by Crippen LogP contribution is -2.53. The molecule has 0 aliphatic carbocycles. The van der Waals surface area contributed by atoms with Gasteiger partial charge in [0.15, 0.2) is 0 Å². The smallest absolute Gasteiger partial charge is 0.240 e. The molecule has 1 unspecified atom stereocenters. The Balaban J connectivity index is 1.20. The number of amides is 1. The third-order valence-electron chi connectivity index (χ3n) is 7.47. The topological polar surface area (TPSA) is 31.7 Å². The molecule has 1 amide bonds. The van der Waals surface area contributed by atoms with Crippen molar-refractivity contribution >= 4 is 16.8 Å². The van der Waals surface area contributed by atoms with Gasteiger partial charge >= 0.3 is 0 Å². The summed E-state index contributed by atoms with van der Waals surface area (Å²) in [6.07, 6.45) is 6.55. The number of hydrogen-bond donors (Lipinski definition) is 0. The van der Waals surface area contributed by atoms with Crippen molar-refractivity contribution in [2.45, 2.75) is 64.2 Å². The molecule has 0 saturated carbocycles. The number of piperidine rings is 2. The molecule has 29 heavy (non-hydrogen) atoms. The molecule has 2 fully saturated rings. The third kappa shape index (κ3) is 3.71. The second kappa shape index (κ2) is 8.11. The standard InChI is InChI=1S/C24H34N4O/c1-19(25-13-9-21(10-14-25)26-11-5-2-6-12-26)24(29)27-15-16-28-22(18-27)17-20-7-3-4-8-23(20)28/h3-4,7-8,17,19,21H,2,5-6,9-16,18H2,1H3. The van der Waals surface area contributed by atoms with Gasteiger partial charge in [-0.15, -0.1) is 0 Å². The van der Waals surface area contributed by atoms with E-state index in [1.54, 1.807) is 0 Å². The zero-order valence-corrected chi connectivity index (χ0v) is 17.7. The molecule has 0 bridgehead atoms. The van der Waals surface area contributed by atoms with Gasteiger partial charge < -0.3 is 14.4 Å². The predicted molar refractivity (Wildman–Crippen MR) is 117 cm³/mol. The predicted octanol–water partition coefficient (Wildman–Crippen LogP) is 3.32. The minimum Gasteiger partial charge on any atom is -0.341 e. The number of nitrogens with zero attached hydrogens (tertiary/aromatic N) is 4. The van der Waals surface area contributed by atoms with Crippen LogP contribution in [0.3, 0.4) is 0 Å². The van der Waals surface area contributed by atoms with E-state index in [2.05, 4.69) is 56.5 Å². The van der Waals surface area contributed by atoms with Crippen molar-refractivity contribution in [3.05, 3.63) is 36.0 Å². The van der Waals surface area contributed by atoms with E-state index in [9.17, 15) is 4.79 Å². The number of likely N-dealkylation sites (tertiary alicyclic amines) is 2. The number of benzene rings is 1. The first kappa shape index (κ1) is 19.1. The summed E-state index contributed by atoms with van der Waals surface area (Å²) in [5.74, 6) is 0.304. The molecule has 3 aliphatic heterocycles. The van der Waals surface area contributed by atoms with Crippen molar-refractivity contribution in [1.82, 2.24) is 19.3 Å². The minimum absolute atomic E-state index is 0.00626. The molecule has 1 aromatic heterocycles. The Hall–Kier alpha value is -1.85. The van der Waals surface area contributed by atoms with Gasteiger partial charge in [0.1, 0.15) is 0 Å². The Labute approximate surface area is 174 Å². The maximum Gasteiger partial charge on any atom is 0.240 e. The molecular weight excluding hydrogens is 360 g/mol. The Kier molecular flexibility index (Phi) is 5.35. The average molecular weight is 395 g/mol. The van der Waals surface area contributed by atoms with E-state index in [0.29, 0.717) is 5.91 Å². The highest BCUT2D eigenvalue weighted by Crippen LogP contribution is 2.26. The first-order chi connectivity index (χ1) is 14.2. The quantitative estimate of drug-likeness (QED) is 0.800. The molecule has 0 radical (unpaired) electrons. The summed E-state index contributed by atoms with van der Waals surface area (Å²) in [5, 5.41) is 1.28. The number of carbonyl (C=O) groups is 1. The van der Waals surface area contributed by atoms with Gasteiger partial charge in [0.05, 0.1) is 12.6 Å². The van der Waals surface area contributed by atoms with Gasteiger partial charge in [0, 0.05) is 43.4 Å². The molecule has 3 aliphatic rings. The van der Waals surface area contributed by atoms with Gasteiger partial charge in [-0.1, -0.05) is 24.6 Å². The number of aromatic nitrogens is 1. The fourth-order valence-corrected chi connectivity index (χ4v) is 5.69. The van der Waals surface area contributed by atoms with Crippen LogP contribution in [0.4, 0.5) is 0 Å². The molecule has 5 heteroatoms. The molecule has 0 N–H and O–H groups in total. The van der Waals surface area contributed by atoms with E-state index in [0.717, 1.165) is 38.8 Å². The van der Waals surface area contributed by atoms with Crippen LogP contribution in [0.25, 0.3) is 10.9 Å². The van der Waals surface area contributed by atoms with E-state index < -0.39 is 0 Å². The second-order valence-corrected chi connectivity index (χ2v) is 9.15. The van der Waals surface area contributed by atoms with Crippen LogP contribution < -0.4 is 0 Å². The number of fused-ring (bicyclic) bond motifs is 3. The molecule has 1 aromatic carbocycles. The van der Waals surface area contributed by atoms with Gasteiger partial charge in [-0.25, -0.2) is 0 Å². The van der Waals surface area contributed by atoms with E-state index in [4.69, 9.17) is 0 Å². The second-order valence-electron chi connectivity index (χ2n) is 9.15. The Morgan fingerprint density at radius 3 is 2.52 bits per heavy atom. The lowest BCUT2D eigenvalue weighted by Gasteiger charge is -2.42. The summed E-state index contributed by atoms with van der Waals surface area (Å²) in [6, 6.07) is 11.5. The molecule has 0 spiro atoms. The van der Waals surface area contributed by atoms with Gasteiger partial charge in [0.2, 0.25) is 5.91 Å². The molecule has 5 nitrogen and oxygen atoms in total. The monoisotopic (exact) mass is 394 g/mol. The largest absolute Gasteiger partial charge is 0.341 e. The Bertz CT molecular complexity index is 861. The normalized spacial score (nSPS) is 23.3. The third-order valence-corrected chi connectivity index (χ3v) is 7.47. The number of rotatable bonds is 3. The minimum atomic E-state index is -0.00626. The van der Waals surface area contributed by atoms with Crippen LogP contribution in [-0.4, -0.2) is 70.0 Å². The van der Waals surface area contributed by atoms with E-state index in [1.807, 2.05) is 0 Å². The molecule has 2 aromatic rings. The van der Waals surface area contributed by atoms with Crippen LogP contribution in [0.15, 0.2) is 30.3 Å². The van der Waals surface area contributed by atoms with Gasteiger partial charge in [-0.2, -0.15) is 0 Å². The SMILES string of the molecule is CC(C(=O)N1CCn2c(cc3ccccc32)C1)N1CCC(N2CCCCC2)CC1. The summed E-state index contributed by atoms with van der Waals surface area (Å²) in [4.78, 5) is 20.5. The first-order valence-electron chi connectivity index (χ1n) is 11.5. The van der Waals surface area contributed by atoms with Crippen molar-refractivity contribution in [3.63, 3.8) is 0 Å². The number of carbonyl (C=O) groups excluding carboxylic acids is 1. The van der Waals surface area contributed by atoms with Gasteiger partial charge in [-0.3, -0.25) is 9.69 Å². The summed E-state index contributed by atoms with van der Waals surface area (Å²) in [6.45, 7) is 9.25. The molecule has 4 heterocycles. The molecule has 5 rings (SSSR count). The fourth-order valence-electron chi connectivity index (χ4n) is 5.69. The molecule has 1 atom stereocenters. The van der Waals surface area contributed by atoms with Crippen LogP contribution in [-0.2, 0) is 17.9 Å². The summed E-state index contributed by atoms with van der Waals surface area (Å²) >= 11 is 0. The lowest BCUT2D eigenvalue weighted by atomic mass is 9.98. The number of para-hydroxylation sites is 1. The molecule has 156 valence electrons. The van der Waals surface area contributed by atoms with E-state index in [1.165, 1.54) is 61.8 Å².